The first-order valence-electron chi connectivity index (χ1n) is 6.70. The van der Waals surface area contributed by atoms with E-state index in [9.17, 15) is 4.57 Å². The molecule has 2 aromatic rings. The molecule has 2 heterocycles. The van der Waals surface area contributed by atoms with Gasteiger partial charge in [-0.2, -0.15) is 0 Å². The highest BCUT2D eigenvalue weighted by Crippen LogP contribution is 2.65. The quantitative estimate of drug-likeness (QED) is 0.508. The summed E-state index contributed by atoms with van der Waals surface area (Å²) >= 11 is 6.68. The average Bonchev–Trinajstić information content (AvgIpc) is 3.00. The Bertz CT molecular complexity index is 587. The molecule has 0 aliphatic rings. The van der Waals surface area contributed by atoms with Crippen LogP contribution in [0.1, 0.15) is 34.1 Å². The Morgan fingerprint density at radius 2 is 1.67 bits per heavy atom. The third kappa shape index (κ3) is 4.06. The molecular formula is C14H18BrO3PS2. The summed E-state index contributed by atoms with van der Waals surface area (Å²) in [6, 6.07) is 8.01. The molecule has 0 fully saturated rings. The first-order valence-corrected chi connectivity index (χ1v) is 10.7. The molecule has 3 nitrogen and oxygen atoms in total. The van der Waals surface area contributed by atoms with Crippen LogP contribution in [0.4, 0.5) is 0 Å². The van der Waals surface area contributed by atoms with Crippen molar-refractivity contribution in [3.8, 4) is 0 Å². The predicted molar refractivity (Wildman–Crippen MR) is 93.8 cm³/mol. The van der Waals surface area contributed by atoms with E-state index in [4.69, 9.17) is 9.05 Å². The molecule has 0 saturated carbocycles. The molecule has 0 radical (unpaired) electrons. The molecule has 2 rings (SSSR count). The maximum Gasteiger partial charge on any atom is 0.344 e. The van der Waals surface area contributed by atoms with Gasteiger partial charge in [0.1, 0.15) is 5.66 Å². The number of halogens is 1. The molecule has 1 atom stereocenters. The van der Waals surface area contributed by atoms with Crippen LogP contribution in [0.2, 0.25) is 0 Å². The lowest BCUT2D eigenvalue weighted by Gasteiger charge is -2.24. The van der Waals surface area contributed by atoms with E-state index in [1.807, 2.05) is 45.0 Å². The lowest BCUT2D eigenvalue weighted by molar-refractivity contribution is 0.215. The smallest absolute Gasteiger partial charge is 0.308 e. The van der Waals surface area contributed by atoms with Gasteiger partial charge in [-0.05, 0) is 61.0 Å². The molecule has 0 aliphatic carbocycles. The minimum atomic E-state index is -3.25. The number of aryl methyl sites for hydroxylation is 1. The van der Waals surface area contributed by atoms with Gasteiger partial charge in [0.25, 0.3) is 0 Å². The second kappa shape index (κ2) is 7.53. The fourth-order valence-corrected chi connectivity index (χ4v) is 7.44. The summed E-state index contributed by atoms with van der Waals surface area (Å²) in [4.78, 5) is 3.20. The minimum absolute atomic E-state index is 0.354. The summed E-state index contributed by atoms with van der Waals surface area (Å²) in [6.07, 6.45) is 0. The highest BCUT2D eigenvalue weighted by atomic mass is 79.9. The van der Waals surface area contributed by atoms with Crippen LogP contribution in [0.25, 0.3) is 0 Å². The van der Waals surface area contributed by atoms with E-state index >= 15 is 0 Å². The van der Waals surface area contributed by atoms with Gasteiger partial charge in [0, 0.05) is 14.6 Å². The van der Waals surface area contributed by atoms with E-state index in [0.717, 1.165) is 13.5 Å². The van der Waals surface area contributed by atoms with Gasteiger partial charge in [0.15, 0.2) is 0 Å². The van der Waals surface area contributed by atoms with Crippen molar-refractivity contribution in [3.63, 3.8) is 0 Å². The Balaban J connectivity index is 2.51. The zero-order valence-electron chi connectivity index (χ0n) is 12.2. The molecule has 0 aliphatic heterocycles. The van der Waals surface area contributed by atoms with Crippen molar-refractivity contribution in [2.24, 2.45) is 0 Å². The molecule has 1 unspecified atom stereocenters. The van der Waals surface area contributed by atoms with Crippen LogP contribution in [0.15, 0.2) is 28.1 Å². The van der Waals surface area contributed by atoms with Crippen LogP contribution in [-0.2, 0) is 13.6 Å². The molecule has 0 N–H and O–H groups in total. The number of hydrogen-bond acceptors (Lipinski definition) is 5. The molecule has 21 heavy (non-hydrogen) atoms. The molecule has 0 amide bonds. The van der Waals surface area contributed by atoms with Crippen molar-refractivity contribution in [3.05, 3.63) is 42.7 Å². The average molecular weight is 409 g/mol. The maximum atomic E-state index is 13.3. The number of hydrogen-bond donors (Lipinski definition) is 0. The lowest BCUT2D eigenvalue weighted by Crippen LogP contribution is -2.06. The zero-order valence-corrected chi connectivity index (χ0v) is 16.3. The Labute approximate surface area is 142 Å². The third-order valence-electron chi connectivity index (χ3n) is 2.83. The minimum Gasteiger partial charge on any atom is -0.308 e. The van der Waals surface area contributed by atoms with Crippen LogP contribution in [0.5, 0.6) is 0 Å². The van der Waals surface area contributed by atoms with E-state index in [1.165, 1.54) is 4.88 Å². The van der Waals surface area contributed by atoms with Crippen LogP contribution in [0, 0.1) is 6.92 Å². The summed E-state index contributed by atoms with van der Waals surface area (Å²) in [6.45, 7) is 6.46. The van der Waals surface area contributed by atoms with Gasteiger partial charge in [-0.1, -0.05) is 0 Å². The van der Waals surface area contributed by atoms with E-state index in [1.54, 1.807) is 22.7 Å². The molecule has 0 bridgehead atoms. The monoisotopic (exact) mass is 408 g/mol. The summed E-state index contributed by atoms with van der Waals surface area (Å²) in [5.41, 5.74) is -0.354. The van der Waals surface area contributed by atoms with E-state index in [2.05, 4.69) is 15.9 Å². The van der Waals surface area contributed by atoms with Gasteiger partial charge in [0.05, 0.1) is 17.0 Å². The fourth-order valence-electron chi connectivity index (χ4n) is 2.07. The Morgan fingerprint density at radius 3 is 2.10 bits per heavy atom. The third-order valence-corrected chi connectivity index (χ3v) is 8.36. The maximum absolute atomic E-state index is 13.3. The van der Waals surface area contributed by atoms with Gasteiger partial charge in [-0.3, -0.25) is 4.57 Å². The van der Waals surface area contributed by atoms with E-state index in [0.29, 0.717) is 13.2 Å². The van der Waals surface area contributed by atoms with Crippen LogP contribution in [-0.4, -0.2) is 13.2 Å². The standard InChI is InChI=1S/C14H18BrO3PS2/c1-4-17-19(16,18-5-2)14(11-7-6-10(3)20-11)12-8-9-13(15)21-12/h6-9,14H,4-5H2,1-3H3. The van der Waals surface area contributed by atoms with Crippen molar-refractivity contribution in [2.75, 3.05) is 13.2 Å². The normalized spacial score (nSPS) is 13.5. The molecule has 7 heteroatoms. The van der Waals surface area contributed by atoms with Crippen molar-refractivity contribution < 1.29 is 13.6 Å². The van der Waals surface area contributed by atoms with Crippen molar-refractivity contribution in [2.45, 2.75) is 26.4 Å². The number of thiophene rings is 2. The molecule has 0 spiro atoms. The van der Waals surface area contributed by atoms with Crippen LogP contribution in [0.3, 0.4) is 0 Å². The summed E-state index contributed by atoms with van der Waals surface area (Å²) < 4.78 is 25.5. The second-order valence-electron chi connectivity index (χ2n) is 4.37. The SMILES string of the molecule is CCOP(=O)(OCC)C(c1ccc(C)s1)c1ccc(Br)s1. The first-order chi connectivity index (χ1) is 10.00. The van der Waals surface area contributed by atoms with Gasteiger partial charge < -0.3 is 9.05 Å². The fraction of sp³-hybridized carbons (Fsp3) is 0.429. The Hall–Kier alpha value is 0.0300. The van der Waals surface area contributed by atoms with E-state index in [-0.39, 0.29) is 5.66 Å². The van der Waals surface area contributed by atoms with Crippen molar-refractivity contribution in [1.82, 2.24) is 0 Å². The van der Waals surface area contributed by atoms with Crippen LogP contribution >= 0.6 is 46.2 Å². The van der Waals surface area contributed by atoms with Crippen LogP contribution < -0.4 is 0 Å². The number of rotatable bonds is 7. The largest absolute Gasteiger partial charge is 0.344 e. The molecular weight excluding hydrogens is 391 g/mol. The van der Waals surface area contributed by atoms with Gasteiger partial charge in [-0.25, -0.2) is 0 Å². The first kappa shape index (κ1) is 17.4. The summed E-state index contributed by atoms with van der Waals surface area (Å²) in [7, 11) is -3.25. The molecule has 2 aromatic heterocycles. The van der Waals surface area contributed by atoms with Crippen molar-refractivity contribution in [1.29, 1.82) is 0 Å². The lowest BCUT2D eigenvalue weighted by atomic mass is 10.3. The molecule has 0 aromatic carbocycles. The van der Waals surface area contributed by atoms with E-state index < -0.39 is 7.60 Å². The molecule has 0 saturated heterocycles. The molecule has 116 valence electrons. The second-order valence-corrected chi connectivity index (χ2v) is 10.3. The predicted octanol–water partition coefficient (Wildman–Crippen LogP) is 6.24. The highest BCUT2D eigenvalue weighted by Gasteiger charge is 2.40. The van der Waals surface area contributed by atoms with Gasteiger partial charge in [0.2, 0.25) is 0 Å². The Kier molecular flexibility index (Phi) is 6.24. The van der Waals surface area contributed by atoms with Gasteiger partial charge in [-0.15, -0.1) is 22.7 Å². The zero-order chi connectivity index (χ0) is 15.5. The topological polar surface area (TPSA) is 35.5 Å². The summed E-state index contributed by atoms with van der Waals surface area (Å²) in [5.74, 6) is 0. The Morgan fingerprint density at radius 1 is 1.10 bits per heavy atom. The van der Waals surface area contributed by atoms with Crippen molar-refractivity contribution >= 4 is 46.2 Å². The highest BCUT2D eigenvalue weighted by molar-refractivity contribution is 9.11. The summed E-state index contributed by atoms with van der Waals surface area (Å²) in [5, 5.41) is 0. The van der Waals surface area contributed by atoms with Gasteiger partial charge >= 0.3 is 7.60 Å².